The lowest BCUT2D eigenvalue weighted by Gasteiger charge is -2.10. The molecule has 3 aromatic heterocycles. The standard InChI is InChI=1S/C21H15BrF3N7O2/c1-10(33)15-16(17-19(26)28-9-29-32(17)18(15)22)11-2-4-13(5-3-11)30-20(34)31-14-8-12(6-7-27-14)21(23,24)25/h2-9H,1H3,(H2,26,28,29)(H2,27,30,31,34). The van der Waals surface area contributed by atoms with Crippen LogP contribution in [0.3, 0.4) is 0 Å². The highest BCUT2D eigenvalue weighted by molar-refractivity contribution is 9.10. The lowest BCUT2D eigenvalue weighted by atomic mass is 10.0. The van der Waals surface area contributed by atoms with Crippen molar-refractivity contribution in [1.82, 2.24) is 19.6 Å². The first kappa shape index (κ1) is 23.2. The lowest BCUT2D eigenvalue weighted by Crippen LogP contribution is -2.20. The van der Waals surface area contributed by atoms with E-state index < -0.39 is 17.8 Å². The molecule has 1 aromatic carbocycles. The molecule has 0 bridgehead atoms. The second kappa shape index (κ2) is 8.74. The van der Waals surface area contributed by atoms with Gasteiger partial charge in [-0.2, -0.15) is 18.3 Å². The average Bonchev–Trinajstić information content (AvgIpc) is 3.08. The van der Waals surface area contributed by atoms with Gasteiger partial charge in [-0.3, -0.25) is 10.1 Å². The van der Waals surface area contributed by atoms with Gasteiger partial charge in [-0.05, 0) is 52.7 Å². The monoisotopic (exact) mass is 533 g/mol. The van der Waals surface area contributed by atoms with Gasteiger partial charge in [-0.15, -0.1) is 0 Å². The molecule has 4 aromatic rings. The zero-order chi connectivity index (χ0) is 24.6. The van der Waals surface area contributed by atoms with Crippen LogP contribution in [-0.4, -0.2) is 31.4 Å². The number of rotatable bonds is 4. The van der Waals surface area contributed by atoms with Gasteiger partial charge in [0, 0.05) is 17.4 Å². The molecule has 0 aliphatic carbocycles. The van der Waals surface area contributed by atoms with Crippen molar-refractivity contribution in [3.05, 3.63) is 64.7 Å². The van der Waals surface area contributed by atoms with Gasteiger partial charge in [-0.1, -0.05) is 12.1 Å². The number of nitrogens with zero attached hydrogens (tertiary/aromatic N) is 4. The number of urea groups is 1. The number of alkyl halides is 3. The molecule has 0 fully saturated rings. The van der Waals surface area contributed by atoms with Crippen molar-refractivity contribution in [2.24, 2.45) is 0 Å². The molecule has 0 atom stereocenters. The van der Waals surface area contributed by atoms with Crippen molar-refractivity contribution >= 4 is 50.6 Å². The largest absolute Gasteiger partial charge is 0.416 e. The quantitative estimate of drug-likeness (QED) is 0.316. The van der Waals surface area contributed by atoms with E-state index in [-0.39, 0.29) is 17.4 Å². The average molecular weight is 534 g/mol. The van der Waals surface area contributed by atoms with Gasteiger partial charge >= 0.3 is 12.2 Å². The van der Waals surface area contributed by atoms with Crippen LogP contribution in [0.5, 0.6) is 0 Å². The Morgan fingerprint density at radius 1 is 1.09 bits per heavy atom. The van der Waals surface area contributed by atoms with Gasteiger partial charge < -0.3 is 11.1 Å². The molecule has 0 aliphatic rings. The van der Waals surface area contributed by atoms with Crippen LogP contribution in [0.4, 0.5) is 35.3 Å². The highest BCUT2D eigenvalue weighted by atomic mass is 79.9. The molecule has 0 saturated heterocycles. The number of hydrogen-bond donors (Lipinski definition) is 3. The molecule has 0 radical (unpaired) electrons. The number of amides is 2. The van der Waals surface area contributed by atoms with Crippen LogP contribution >= 0.6 is 15.9 Å². The van der Waals surface area contributed by atoms with Crippen molar-refractivity contribution in [3.8, 4) is 11.1 Å². The maximum absolute atomic E-state index is 12.8. The number of benzene rings is 1. The Bertz CT molecular complexity index is 1420. The van der Waals surface area contributed by atoms with Crippen molar-refractivity contribution in [1.29, 1.82) is 0 Å². The molecule has 2 amide bonds. The van der Waals surface area contributed by atoms with Crippen LogP contribution in [0.25, 0.3) is 16.6 Å². The van der Waals surface area contributed by atoms with Gasteiger partial charge in [0.15, 0.2) is 11.6 Å². The number of pyridine rings is 1. The number of nitrogens with two attached hydrogens (primary N) is 1. The Morgan fingerprint density at radius 3 is 2.44 bits per heavy atom. The molecule has 0 saturated carbocycles. The smallest absolute Gasteiger partial charge is 0.382 e. The second-order valence-electron chi connectivity index (χ2n) is 7.09. The number of nitrogens with one attached hydrogen (secondary N) is 2. The summed E-state index contributed by atoms with van der Waals surface area (Å²) in [4.78, 5) is 32.3. The Kier molecular flexibility index (Phi) is 5.96. The minimum Gasteiger partial charge on any atom is -0.382 e. The molecule has 4 rings (SSSR count). The Labute approximate surface area is 198 Å². The molecule has 4 N–H and O–H groups in total. The molecule has 9 nitrogen and oxygen atoms in total. The number of ketones is 1. The maximum Gasteiger partial charge on any atom is 0.416 e. The molecule has 0 unspecified atom stereocenters. The number of halogens is 4. The number of aromatic nitrogens is 4. The second-order valence-corrected chi connectivity index (χ2v) is 7.84. The fourth-order valence-corrected chi connectivity index (χ4v) is 4.10. The summed E-state index contributed by atoms with van der Waals surface area (Å²) in [6.45, 7) is 1.41. The van der Waals surface area contributed by atoms with Crippen LogP contribution in [0.1, 0.15) is 22.8 Å². The molecule has 34 heavy (non-hydrogen) atoms. The van der Waals surface area contributed by atoms with E-state index in [0.29, 0.717) is 32.5 Å². The van der Waals surface area contributed by atoms with Crippen LogP contribution < -0.4 is 16.4 Å². The molecular weight excluding hydrogens is 519 g/mol. The van der Waals surface area contributed by atoms with Gasteiger partial charge in [0.1, 0.15) is 22.3 Å². The molecule has 3 heterocycles. The van der Waals surface area contributed by atoms with Crippen molar-refractivity contribution in [2.75, 3.05) is 16.4 Å². The normalized spacial score (nSPS) is 11.4. The third-order valence-corrected chi connectivity index (χ3v) is 5.54. The fraction of sp³-hybridized carbons (Fsp3) is 0.0952. The summed E-state index contributed by atoms with van der Waals surface area (Å²) in [5, 5.41) is 8.91. The van der Waals surface area contributed by atoms with Crippen molar-refractivity contribution < 1.29 is 22.8 Å². The summed E-state index contributed by atoms with van der Waals surface area (Å²) < 4.78 is 40.4. The number of Topliss-reactive ketones (excluding diaryl/α,β-unsaturated/α-hetero) is 1. The van der Waals surface area contributed by atoms with Crippen molar-refractivity contribution in [2.45, 2.75) is 13.1 Å². The first-order valence-corrected chi connectivity index (χ1v) is 10.4. The predicted molar refractivity (Wildman–Crippen MR) is 122 cm³/mol. The molecule has 0 spiro atoms. The molecule has 13 heteroatoms. The Hall–Kier alpha value is -4.00. The predicted octanol–water partition coefficient (Wildman–Crippen LogP) is 5.00. The van der Waals surface area contributed by atoms with Gasteiger partial charge in [-0.25, -0.2) is 19.3 Å². The molecule has 174 valence electrons. The number of nitrogen functional groups attached to an aromatic ring is 1. The summed E-state index contributed by atoms with van der Waals surface area (Å²) >= 11 is 3.39. The van der Waals surface area contributed by atoms with E-state index in [0.717, 1.165) is 18.3 Å². The summed E-state index contributed by atoms with van der Waals surface area (Å²) in [5.41, 5.74) is 7.38. The van der Waals surface area contributed by atoms with Crippen LogP contribution in [0.2, 0.25) is 0 Å². The molecular formula is C21H15BrF3N7O2. The van der Waals surface area contributed by atoms with Crippen molar-refractivity contribution in [3.63, 3.8) is 0 Å². The minimum atomic E-state index is -4.56. The number of fused-ring (bicyclic) bond motifs is 1. The highest BCUT2D eigenvalue weighted by Crippen LogP contribution is 2.38. The zero-order valence-electron chi connectivity index (χ0n) is 17.3. The number of carbonyl (C=O) groups is 2. The third-order valence-electron chi connectivity index (χ3n) is 4.81. The minimum absolute atomic E-state index is 0.174. The summed E-state index contributed by atoms with van der Waals surface area (Å²) in [5.74, 6) is -0.300. The maximum atomic E-state index is 12.8. The van der Waals surface area contributed by atoms with E-state index in [4.69, 9.17) is 5.73 Å². The third kappa shape index (κ3) is 4.41. The van der Waals surface area contributed by atoms with E-state index in [9.17, 15) is 22.8 Å². The van der Waals surface area contributed by atoms with E-state index >= 15 is 0 Å². The zero-order valence-corrected chi connectivity index (χ0v) is 18.9. The molecule has 0 aliphatic heterocycles. The van der Waals surface area contributed by atoms with E-state index in [1.807, 2.05) is 0 Å². The van der Waals surface area contributed by atoms with Gasteiger partial charge in [0.25, 0.3) is 0 Å². The number of anilines is 3. The number of hydrogen-bond acceptors (Lipinski definition) is 6. The summed E-state index contributed by atoms with van der Waals surface area (Å²) in [6.07, 6.45) is -2.33. The Morgan fingerprint density at radius 2 is 1.79 bits per heavy atom. The number of carbonyl (C=O) groups excluding carboxylic acids is 2. The topological polar surface area (TPSA) is 127 Å². The lowest BCUT2D eigenvalue weighted by molar-refractivity contribution is -0.137. The first-order valence-electron chi connectivity index (χ1n) is 9.59. The summed E-state index contributed by atoms with van der Waals surface area (Å²) in [7, 11) is 0. The van der Waals surface area contributed by atoms with Gasteiger partial charge in [0.05, 0.1) is 11.1 Å². The van der Waals surface area contributed by atoms with Crippen LogP contribution in [-0.2, 0) is 6.18 Å². The first-order chi connectivity index (χ1) is 16.1. The fourth-order valence-electron chi connectivity index (χ4n) is 3.35. The van der Waals surface area contributed by atoms with Gasteiger partial charge in [0.2, 0.25) is 0 Å². The van der Waals surface area contributed by atoms with E-state index in [1.54, 1.807) is 24.3 Å². The Balaban J connectivity index is 1.59. The van der Waals surface area contributed by atoms with E-state index in [2.05, 4.69) is 41.6 Å². The highest BCUT2D eigenvalue weighted by Gasteiger charge is 2.31. The van der Waals surface area contributed by atoms with Crippen LogP contribution in [0, 0.1) is 0 Å². The van der Waals surface area contributed by atoms with Crippen LogP contribution in [0.15, 0.2) is 53.5 Å². The SMILES string of the molecule is CC(=O)c1c(-c2ccc(NC(=O)Nc3cc(C(F)(F)F)ccn3)cc2)c2c(N)ncnn2c1Br. The van der Waals surface area contributed by atoms with E-state index in [1.165, 1.54) is 17.8 Å². The summed E-state index contributed by atoms with van der Waals surface area (Å²) in [6, 6.07) is 7.19.